The van der Waals surface area contributed by atoms with Gasteiger partial charge in [0.05, 0.1) is 33.9 Å². The van der Waals surface area contributed by atoms with Crippen LogP contribution in [0.25, 0.3) is 0 Å². The van der Waals surface area contributed by atoms with Crippen LogP contribution in [0.15, 0.2) is 40.9 Å². The number of ketones is 1. The van der Waals surface area contributed by atoms with Gasteiger partial charge in [0.25, 0.3) is 7.82 Å². The first-order chi connectivity index (χ1) is 29.0. The Morgan fingerprint density at radius 1 is 0.852 bits per heavy atom. The van der Waals surface area contributed by atoms with Crippen LogP contribution in [0.2, 0.25) is 0 Å². The number of aliphatic hydroxyl groups excluding tert-OH is 1. The second kappa shape index (κ2) is 30.3. The molecule has 0 radical (unpaired) electrons. The number of rotatable bonds is 35. The zero-order valence-electron chi connectivity index (χ0n) is 38.7. The Kier molecular flexibility index (Phi) is 26.9. The predicted molar refractivity (Wildman–Crippen MR) is 239 cm³/mol. The molecular formula is C48H80NO11P. The van der Waals surface area contributed by atoms with Crippen LogP contribution in [-0.4, -0.2) is 87.0 Å². The molecule has 1 heterocycles. The van der Waals surface area contributed by atoms with Crippen molar-refractivity contribution in [3.05, 3.63) is 59.1 Å². The van der Waals surface area contributed by atoms with Crippen LogP contribution in [0.4, 0.5) is 0 Å². The molecule has 13 heteroatoms. The van der Waals surface area contributed by atoms with Crippen molar-refractivity contribution < 1.29 is 56.4 Å². The van der Waals surface area contributed by atoms with E-state index in [1.807, 2.05) is 45.4 Å². The highest BCUT2D eigenvalue weighted by Gasteiger charge is 2.27. The summed E-state index contributed by atoms with van der Waals surface area (Å²) in [6, 6.07) is 0. The lowest BCUT2D eigenvalue weighted by atomic mass is 9.90. The van der Waals surface area contributed by atoms with Gasteiger partial charge in [-0.1, -0.05) is 102 Å². The maximum Gasteiger partial charge on any atom is 0.306 e. The number of aliphatic hydroxyl groups is 1. The Labute approximate surface area is 367 Å². The number of likely N-dealkylation sites (N-methyl/N-ethyl adjacent to an activating group) is 1. The van der Waals surface area contributed by atoms with Gasteiger partial charge in [0, 0.05) is 31.6 Å². The SMILES string of the molecule is CCCCCc1oc(CCCCCCCCC(=O)O[C@H](COC(=O)CCC/C=C\C[C@H]2C=CC(=O)[C@@H]2/C=C/[C@@H](O)CCCCC)COP(=O)([O-])OCC[N+](C)(C)C)c(C)c1C. The summed E-state index contributed by atoms with van der Waals surface area (Å²) < 4.78 is 40.2. The van der Waals surface area contributed by atoms with Gasteiger partial charge in [0.2, 0.25) is 0 Å². The molecule has 12 nitrogen and oxygen atoms in total. The number of aryl methyl sites for hydroxylation is 2. The summed E-state index contributed by atoms with van der Waals surface area (Å²) in [5.74, 6) is 0.997. The van der Waals surface area contributed by atoms with Gasteiger partial charge >= 0.3 is 11.9 Å². The molecule has 1 aliphatic carbocycles. The summed E-state index contributed by atoms with van der Waals surface area (Å²) in [7, 11) is 1.02. The molecule has 0 saturated heterocycles. The first-order valence-corrected chi connectivity index (χ1v) is 24.6. The van der Waals surface area contributed by atoms with E-state index >= 15 is 0 Å². The Hall–Kier alpha value is -2.86. The molecule has 1 aromatic rings. The van der Waals surface area contributed by atoms with E-state index in [9.17, 15) is 28.9 Å². The Morgan fingerprint density at radius 2 is 1.48 bits per heavy atom. The van der Waals surface area contributed by atoms with Gasteiger partial charge in [-0.3, -0.25) is 18.9 Å². The summed E-state index contributed by atoms with van der Waals surface area (Å²) in [5.41, 5.74) is 2.57. The summed E-state index contributed by atoms with van der Waals surface area (Å²) in [4.78, 5) is 50.3. The van der Waals surface area contributed by atoms with Crippen LogP contribution in [-0.2, 0) is 50.3 Å². The maximum absolute atomic E-state index is 12.8. The normalized spacial score (nSPS) is 17.7. The van der Waals surface area contributed by atoms with Crippen LogP contribution in [0.5, 0.6) is 0 Å². The summed E-state index contributed by atoms with van der Waals surface area (Å²) in [5, 5.41) is 10.2. The molecule has 1 unspecified atom stereocenters. The molecule has 0 amide bonds. The second-order valence-corrected chi connectivity index (χ2v) is 19.1. The highest BCUT2D eigenvalue weighted by molar-refractivity contribution is 7.45. The minimum Gasteiger partial charge on any atom is -0.756 e. The molecule has 61 heavy (non-hydrogen) atoms. The van der Waals surface area contributed by atoms with E-state index in [2.05, 4.69) is 27.7 Å². The van der Waals surface area contributed by atoms with E-state index in [0.717, 1.165) is 82.1 Å². The molecule has 0 bridgehead atoms. The van der Waals surface area contributed by atoms with Gasteiger partial charge in [-0.2, -0.15) is 0 Å². The molecule has 0 spiro atoms. The highest BCUT2D eigenvalue weighted by Crippen LogP contribution is 2.38. The number of carbonyl (C=O) groups is 3. The van der Waals surface area contributed by atoms with Crippen molar-refractivity contribution in [3.8, 4) is 0 Å². The van der Waals surface area contributed by atoms with Crippen molar-refractivity contribution in [2.45, 2.75) is 168 Å². The third kappa shape index (κ3) is 24.5. The lowest BCUT2D eigenvalue weighted by Gasteiger charge is -2.28. The number of nitrogens with zero attached hydrogens (tertiary/aromatic N) is 1. The second-order valence-electron chi connectivity index (χ2n) is 17.7. The van der Waals surface area contributed by atoms with Crippen molar-refractivity contribution in [1.29, 1.82) is 0 Å². The fourth-order valence-corrected chi connectivity index (χ4v) is 7.79. The molecule has 5 atom stereocenters. The quantitative estimate of drug-likeness (QED) is 0.0227. The van der Waals surface area contributed by atoms with Crippen molar-refractivity contribution >= 4 is 25.5 Å². The number of phosphoric acid groups is 1. The van der Waals surface area contributed by atoms with Crippen molar-refractivity contribution in [1.82, 2.24) is 0 Å². The molecular weight excluding hydrogens is 797 g/mol. The third-order valence-electron chi connectivity index (χ3n) is 11.1. The summed E-state index contributed by atoms with van der Waals surface area (Å²) in [6.45, 7) is 8.11. The third-order valence-corrected chi connectivity index (χ3v) is 12.1. The fraction of sp³-hybridized carbons (Fsp3) is 0.729. The Bertz CT molecular complexity index is 1560. The molecule has 0 aliphatic heterocycles. The summed E-state index contributed by atoms with van der Waals surface area (Å²) in [6.07, 6.45) is 26.4. The molecule has 2 rings (SSSR count). The number of hydrogen-bond acceptors (Lipinski definition) is 11. The first-order valence-electron chi connectivity index (χ1n) is 23.1. The lowest BCUT2D eigenvalue weighted by Crippen LogP contribution is -2.37. The Morgan fingerprint density at radius 3 is 2.15 bits per heavy atom. The average molecular weight is 878 g/mol. The zero-order valence-corrected chi connectivity index (χ0v) is 39.6. The number of ether oxygens (including phenoxy) is 2. The van der Waals surface area contributed by atoms with Crippen LogP contribution >= 0.6 is 7.82 Å². The summed E-state index contributed by atoms with van der Waals surface area (Å²) >= 11 is 0. The number of carbonyl (C=O) groups excluding carboxylic acids is 3. The number of quaternary nitrogens is 1. The average Bonchev–Trinajstić information content (AvgIpc) is 3.69. The molecule has 1 aliphatic rings. The number of esters is 2. The fourth-order valence-electron chi connectivity index (χ4n) is 7.06. The number of allylic oxidation sites excluding steroid dienone is 5. The minimum atomic E-state index is -4.69. The Balaban J connectivity index is 1.76. The van der Waals surface area contributed by atoms with E-state index in [4.69, 9.17) is 22.9 Å². The van der Waals surface area contributed by atoms with E-state index in [1.165, 1.54) is 24.0 Å². The lowest BCUT2D eigenvalue weighted by molar-refractivity contribution is -0.870. The molecule has 348 valence electrons. The van der Waals surface area contributed by atoms with E-state index in [0.29, 0.717) is 43.1 Å². The van der Waals surface area contributed by atoms with Crippen LogP contribution in [0, 0.1) is 25.7 Å². The smallest absolute Gasteiger partial charge is 0.306 e. The van der Waals surface area contributed by atoms with Gasteiger partial charge in [0.1, 0.15) is 31.3 Å². The zero-order chi connectivity index (χ0) is 45.1. The molecule has 0 fully saturated rings. The van der Waals surface area contributed by atoms with E-state index < -0.39 is 38.6 Å². The number of furan rings is 1. The van der Waals surface area contributed by atoms with Crippen molar-refractivity contribution in [3.63, 3.8) is 0 Å². The van der Waals surface area contributed by atoms with Crippen LogP contribution in [0.1, 0.15) is 152 Å². The molecule has 1 aromatic heterocycles. The number of hydrogen-bond donors (Lipinski definition) is 1. The minimum absolute atomic E-state index is 0.0213. The van der Waals surface area contributed by atoms with Crippen LogP contribution < -0.4 is 4.89 Å². The molecule has 0 aromatic carbocycles. The van der Waals surface area contributed by atoms with Gasteiger partial charge in [0.15, 0.2) is 11.9 Å². The molecule has 0 saturated carbocycles. The van der Waals surface area contributed by atoms with Crippen molar-refractivity contribution in [2.24, 2.45) is 11.8 Å². The van der Waals surface area contributed by atoms with Gasteiger partial charge in [-0.25, -0.2) is 0 Å². The monoisotopic (exact) mass is 878 g/mol. The molecule has 1 N–H and O–H groups in total. The first kappa shape index (κ1) is 54.3. The largest absolute Gasteiger partial charge is 0.756 e. The topological polar surface area (TPSA) is 162 Å². The van der Waals surface area contributed by atoms with Gasteiger partial charge in [-0.05, 0) is 81.9 Å². The van der Waals surface area contributed by atoms with E-state index in [-0.39, 0.29) is 43.7 Å². The van der Waals surface area contributed by atoms with Crippen molar-refractivity contribution in [2.75, 3.05) is 47.5 Å². The van der Waals surface area contributed by atoms with Crippen LogP contribution in [0.3, 0.4) is 0 Å². The van der Waals surface area contributed by atoms with Gasteiger partial charge in [-0.15, -0.1) is 0 Å². The maximum atomic E-state index is 12.8. The standard InChI is InChI=1S/C48H80NO11P/c1-8-10-18-25-41(50)31-32-43-40(30-33-44(43)51)24-20-16-17-22-28-47(52)56-36-42(37-58-61(54,55)57-35-34-49(5,6)7)59-48(53)29-23-15-13-12-14-21-27-46-39(4)38(3)45(60-46)26-19-11-9-2/h16,20,30-33,40-43,50H,8-15,17-19,21-29,34-37H2,1-7H3/b20-16-,32-31+/t40-,41-,42+,43+/m0/s1. The van der Waals surface area contributed by atoms with Gasteiger partial charge < -0.3 is 37.4 Å². The number of phosphoric ester groups is 1. The van der Waals surface area contributed by atoms with E-state index in [1.54, 1.807) is 12.2 Å². The highest BCUT2D eigenvalue weighted by atomic mass is 31.2. The predicted octanol–water partition coefficient (Wildman–Crippen LogP) is 9.55. The number of unbranched alkanes of at least 4 members (excludes halogenated alkanes) is 10.